The van der Waals surface area contributed by atoms with Crippen LogP contribution in [-0.2, 0) is 18.5 Å². The Morgan fingerprint density at radius 1 is 1.00 bits per heavy atom. The van der Waals surface area contributed by atoms with Gasteiger partial charge in [-0.25, -0.2) is 23.1 Å². The average molecular weight is 525 g/mol. The van der Waals surface area contributed by atoms with E-state index in [4.69, 9.17) is 4.74 Å². The zero-order valence-corrected chi connectivity index (χ0v) is 21.9. The highest BCUT2D eigenvalue weighted by Gasteiger charge is 2.34. The molecule has 0 aliphatic heterocycles. The van der Waals surface area contributed by atoms with Gasteiger partial charge in [-0.2, -0.15) is 10.2 Å². The molecule has 0 aliphatic carbocycles. The van der Waals surface area contributed by atoms with Gasteiger partial charge in [0.05, 0.1) is 13.1 Å². The van der Waals surface area contributed by atoms with Crippen molar-refractivity contribution in [3.05, 3.63) is 89.8 Å². The molecule has 4 aromatic rings. The Balaban J connectivity index is 1.45. The second kappa shape index (κ2) is 11.2. The van der Waals surface area contributed by atoms with Crippen molar-refractivity contribution < 1.29 is 17.9 Å². The minimum atomic E-state index is -2.89. The number of rotatable bonds is 11. The van der Waals surface area contributed by atoms with Crippen LogP contribution in [0.2, 0.25) is 0 Å². The minimum absolute atomic E-state index is 0.284. The van der Waals surface area contributed by atoms with E-state index in [1.807, 2.05) is 26.0 Å². The van der Waals surface area contributed by atoms with Gasteiger partial charge in [-0.15, -0.1) is 0 Å². The molecule has 38 heavy (non-hydrogen) atoms. The van der Waals surface area contributed by atoms with E-state index in [-0.39, 0.29) is 5.82 Å². The number of hydrogen-bond acceptors (Lipinski definition) is 5. The van der Waals surface area contributed by atoms with Crippen molar-refractivity contribution in [1.29, 1.82) is 0 Å². The third kappa shape index (κ3) is 6.67. The number of halogens is 3. The predicted octanol–water partition coefficient (Wildman–Crippen LogP) is 5.82. The number of alkyl halides is 2. The lowest BCUT2D eigenvalue weighted by molar-refractivity contribution is -0.0788. The van der Waals surface area contributed by atoms with Gasteiger partial charge in [-0.1, -0.05) is 51.1 Å². The van der Waals surface area contributed by atoms with Gasteiger partial charge in [0.1, 0.15) is 30.5 Å². The number of nitrogens with zero attached hydrogens (tertiary/aromatic N) is 6. The highest BCUT2D eigenvalue weighted by molar-refractivity contribution is 5.66. The second-order valence-electron chi connectivity index (χ2n) is 10.0. The molecule has 10 heteroatoms. The quantitative estimate of drug-likeness (QED) is 0.247. The number of aromatic nitrogens is 6. The van der Waals surface area contributed by atoms with E-state index >= 15 is 4.39 Å². The molecule has 2 heterocycles. The van der Waals surface area contributed by atoms with E-state index in [1.165, 1.54) is 26.2 Å². The van der Waals surface area contributed by atoms with Crippen molar-refractivity contribution in [1.82, 2.24) is 29.5 Å². The molecule has 1 atom stereocenters. The molecule has 0 radical (unpaired) electrons. The fraction of sp³-hybridized carbons (Fsp3) is 0.357. The van der Waals surface area contributed by atoms with Crippen LogP contribution in [0.15, 0.2) is 61.4 Å². The molecule has 2 aromatic heterocycles. The molecule has 0 aliphatic rings. The molecule has 4 rings (SSSR count). The van der Waals surface area contributed by atoms with Crippen LogP contribution in [0.25, 0.3) is 12.2 Å². The fourth-order valence-electron chi connectivity index (χ4n) is 4.01. The maximum Gasteiger partial charge on any atom is 0.283 e. The molecule has 0 saturated carbocycles. The zero-order chi connectivity index (χ0) is 27.3. The van der Waals surface area contributed by atoms with Crippen LogP contribution in [0.1, 0.15) is 43.3 Å². The third-order valence-corrected chi connectivity index (χ3v) is 6.40. The van der Waals surface area contributed by atoms with Crippen LogP contribution < -0.4 is 4.74 Å². The molecule has 2 aromatic carbocycles. The Kier molecular flexibility index (Phi) is 7.99. The van der Waals surface area contributed by atoms with Crippen LogP contribution in [0.5, 0.6) is 5.75 Å². The summed E-state index contributed by atoms with van der Waals surface area (Å²) in [6.45, 7) is 6.83. The van der Waals surface area contributed by atoms with Crippen molar-refractivity contribution in [3.8, 4) is 5.75 Å². The summed E-state index contributed by atoms with van der Waals surface area (Å²) >= 11 is 0. The second-order valence-corrected chi connectivity index (χ2v) is 10.0. The number of benzene rings is 2. The summed E-state index contributed by atoms with van der Waals surface area (Å²) in [5.41, 5.74) is 1.56. The molecular weight excluding hydrogens is 493 g/mol. The van der Waals surface area contributed by atoms with Gasteiger partial charge in [-0.05, 0) is 47.9 Å². The maximum absolute atomic E-state index is 15.0. The van der Waals surface area contributed by atoms with Crippen molar-refractivity contribution in [2.24, 2.45) is 5.92 Å². The van der Waals surface area contributed by atoms with E-state index in [1.54, 1.807) is 58.4 Å². The predicted molar refractivity (Wildman–Crippen MR) is 139 cm³/mol. The Morgan fingerprint density at radius 2 is 1.74 bits per heavy atom. The van der Waals surface area contributed by atoms with Crippen LogP contribution in [0.4, 0.5) is 13.2 Å². The molecule has 200 valence electrons. The Labute approximate surface area is 220 Å². The maximum atomic E-state index is 15.0. The van der Waals surface area contributed by atoms with Crippen LogP contribution >= 0.6 is 0 Å². The fourth-order valence-corrected chi connectivity index (χ4v) is 4.01. The van der Waals surface area contributed by atoms with Gasteiger partial charge in [0, 0.05) is 11.3 Å². The minimum Gasteiger partial charge on any atom is -0.487 e. The third-order valence-electron chi connectivity index (χ3n) is 6.40. The lowest BCUT2D eigenvalue weighted by atomic mass is 9.81. The molecule has 0 bridgehead atoms. The summed E-state index contributed by atoms with van der Waals surface area (Å²) in [7, 11) is 0. The van der Waals surface area contributed by atoms with Crippen LogP contribution in [-0.4, -0.2) is 42.1 Å². The zero-order valence-electron chi connectivity index (χ0n) is 21.9. The Morgan fingerprint density at radius 3 is 2.39 bits per heavy atom. The van der Waals surface area contributed by atoms with Crippen LogP contribution in [0.3, 0.4) is 0 Å². The van der Waals surface area contributed by atoms with E-state index in [0.717, 1.165) is 11.1 Å². The molecule has 0 fully saturated rings. The normalized spacial score (nSPS) is 13.8. The first-order valence-electron chi connectivity index (χ1n) is 12.3. The van der Waals surface area contributed by atoms with Crippen molar-refractivity contribution in [2.75, 3.05) is 6.61 Å². The van der Waals surface area contributed by atoms with Gasteiger partial charge in [0.15, 0.2) is 12.4 Å². The Bertz CT molecular complexity index is 1370. The number of ether oxygens (including phenoxy) is 1. The highest BCUT2D eigenvalue weighted by atomic mass is 19.3. The summed E-state index contributed by atoms with van der Waals surface area (Å²) in [5.74, 6) is -3.12. The van der Waals surface area contributed by atoms with Crippen molar-refractivity contribution >= 4 is 12.2 Å². The van der Waals surface area contributed by atoms with E-state index in [2.05, 4.69) is 20.2 Å². The van der Waals surface area contributed by atoms with E-state index < -0.39 is 23.9 Å². The van der Waals surface area contributed by atoms with E-state index in [9.17, 15) is 8.78 Å². The molecule has 0 amide bonds. The molecule has 0 saturated heterocycles. The summed E-state index contributed by atoms with van der Waals surface area (Å²) in [6.07, 6.45) is 8.23. The van der Waals surface area contributed by atoms with Gasteiger partial charge in [0.25, 0.3) is 5.92 Å². The highest BCUT2D eigenvalue weighted by Crippen LogP contribution is 2.31. The summed E-state index contributed by atoms with van der Waals surface area (Å²) in [6, 6.07) is 12.0. The van der Waals surface area contributed by atoms with E-state index in [0.29, 0.717) is 30.2 Å². The van der Waals surface area contributed by atoms with Crippen molar-refractivity contribution in [2.45, 2.75) is 52.1 Å². The molecular formula is C28H31F3N6O. The first-order chi connectivity index (χ1) is 18.0. The summed E-state index contributed by atoms with van der Waals surface area (Å²) in [5, 5.41) is 8.75. The SMILES string of the molecule is Cc1ccc(C(C)(Cn2cncn2)Cn2cnc(/C=C/c3ccc(OCC(F)(F)C(C)C)cc3)n2)c(F)c1. The smallest absolute Gasteiger partial charge is 0.283 e. The van der Waals surface area contributed by atoms with Gasteiger partial charge in [-0.3, -0.25) is 9.36 Å². The van der Waals surface area contributed by atoms with Crippen LogP contribution in [0, 0.1) is 18.7 Å². The molecule has 7 nitrogen and oxygen atoms in total. The van der Waals surface area contributed by atoms with Gasteiger partial charge in [0.2, 0.25) is 0 Å². The van der Waals surface area contributed by atoms with Gasteiger partial charge >= 0.3 is 0 Å². The Hall–Kier alpha value is -3.95. The summed E-state index contributed by atoms with van der Waals surface area (Å²) in [4.78, 5) is 8.37. The molecule has 0 spiro atoms. The molecule has 0 N–H and O–H groups in total. The topological polar surface area (TPSA) is 70.7 Å². The largest absolute Gasteiger partial charge is 0.487 e. The number of hydrogen-bond donors (Lipinski definition) is 0. The number of aryl methyl sites for hydroxylation is 1. The van der Waals surface area contributed by atoms with Gasteiger partial charge < -0.3 is 4.74 Å². The lowest BCUT2D eigenvalue weighted by Crippen LogP contribution is -2.35. The average Bonchev–Trinajstić information content (AvgIpc) is 3.53. The van der Waals surface area contributed by atoms with Crippen molar-refractivity contribution in [3.63, 3.8) is 0 Å². The first kappa shape index (κ1) is 27.1. The first-order valence-corrected chi connectivity index (χ1v) is 12.3. The monoisotopic (exact) mass is 524 g/mol. The lowest BCUT2D eigenvalue weighted by Gasteiger charge is -2.30. The summed E-state index contributed by atoms with van der Waals surface area (Å²) < 4.78 is 51.2. The molecule has 1 unspecified atom stereocenters. The standard InChI is InChI=1S/C28H31F3N6O/c1-20(2)28(30,31)16-38-23-9-6-22(7-10-23)8-12-26-33-19-37(35-26)15-27(4,14-36-18-32-17-34-36)24-11-5-21(3)13-25(24)29/h5-13,17-20H,14-16H2,1-4H3/b12-8+.